The zero-order valence-corrected chi connectivity index (χ0v) is 14.5. The van der Waals surface area contributed by atoms with Gasteiger partial charge in [0.15, 0.2) is 0 Å². The lowest BCUT2D eigenvalue weighted by Gasteiger charge is -2.12. The average Bonchev–Trinajstić information content (AvgIpc) is 2.66. The lowest BCUT2D eigenvalue weighted by atomic mass is 9.93. The molecule has 2 aromatic carbocycles. The standard InChI is InChI=1S/C21H17NO4/c1-14(2)20(23)26-17-11-7-10-16(12-17)19(15-8-5-4-6-9-15)18(13-22)21(24)25-3/h4-12H,1H2,2-3H3. The molecule has 0 radical (unpaired) electrons. The average molecular weight is 347 g/mol. The van der Waals surface area contributed by atoms with Gasteiger partial charge in [-0.05, 0) is 30.2 Å². The number of nitriles is 1. The van der Waals surface area contributed by atoms with E-state index >= 15 is 0 Å². The molecule has 0 bridgehead atoms. The topological polar surface area (TPSA) is 76.4 Å². The van der Waals surface area contributed by atoms with Crippen LogP contribution in [0.2, 0.25) is 0 Å². The molecule has 0 amide bonds. The van der Waals surface area contributed by atoms with Crippen LogP contribution in [0, 0.1) is 11.3 Å². The lowest BCUT2D eigenvalue weighted by molar-refractivity contribution is -0.135. The number of esters is 2. The minimum absolute atomic E-state index is 0.137. The predicted molar refractivity (Wildman–Crippen MR) is 97.0 cm³/mol. The quantitative estimate of drug-likeness (QED) is 0.357. The largest absolute Gasteiger partial charge is 0.465 e. The first kappa shape index (κ1) is 18.7. The highest BCUT2D eigenvalue weighted by Gasteiger charge is 2.19. The summed E-state index contributed by atoms with van der Waals surface area (Å²) >= 11 is 0. The van der Waals surface area contributed by atoms with Crippen LogP contribution in [0.4, 0.5) is 0 Å². The number of hydrogen-bond donors (Lipinski definition) is 0. The van der Waals surface area contributed by atoms with Gasteiger partial charge in [-0.1, -0.05) is 49.0 Å². The van der Waals surface area contributed by atoms with E-state index in [1.807, 2.05) is 12.1 Å². The second-order valence-electron chi connectivity index (χ2n) is 5.42. The molecule has 5 heteroatoms. The third kappa shape index (κ3) is 4.25. The first-order valence-corrected chi connectivity index (χ1v) is 7.74. The molecule has 130 valence electrons. The highest BCUT2D eigenvalue weighted by molar-refractivity contribution is 6.05. The van der Waals surface area contributed by atoms with Crippen LogP contribution >= 0.6 is 0 Å². The van der Waals surface area contributed by atoms with E-state index < -0.39 is 11.9 Å². The smallest absolute Gasteiger partial charge is 0.349 e. The number of methoxy groups -OCH3 is 1. The zero-order valence-electron chi connectivity index (χ0n) is 14.5. The van der Waals surface area contributed by atoms with Crippen LogP contribution < -0.4 is 4.74 Å². The molecular formula is C21H17NO4. The van der Waals surface area contributed by atoms with Gasteiger partial charge in [0.1, 0.15) is 17.4 Å². The normalized spacial score (nSPS) is 11.0. The maximum Gasteiger partial charge on any atom is 0.349 e. The summed E-state index contributed by atoms with van der Waals surface area (Å²) < 4.78 is 9.98. The van der Waals surface area contributed by atoms with Gasteiger partial charge in [-0.25, -0.2) is 9.59 Å². The Morgan fingerprint density at radius 2 is 1.65 bits per heavy atom. The fourth-order valence-corrected chi connectivity index (χ4v) is 2.28. The van der Waals surface area contributed by atoms with Crippen molar-refractivity contribution in [2.24, 2.45) is 0 Å². The summed E-state index contributed by atoms with van der Waals surface area (Å²) in [4.78, 5) is 23.8. The summed E-state index contributed by atoms with van der Waals surface area (Å²) in [7, 11) is 1.22. The van der Waals surface area contributed by atoms with E-state index in [1.54, 1.807) is 55.5 Å². The molecule has 0 aliphatic heterocycles. The number of benzene rings is 2. The Kier molecular flexibility index (Phi) is 6.07. The fourth-order valence-electron chi connectivity index (χ4n) is 2.28. The van der Waals surface area contributed by atoms with E-state index in [2.05, 4.69) is 6.58 Å². The zero-order chi connectivity index (χ0) is 19.1. The lowest BCUT2D eigenvalue weighted by Crippen LogP contribution is -2.09. The third-order valence-corrected chi connectivity index (χ3v) is 3.50. The van der Waals surface area contributed by atoms with Crippen molar-refractivity contribution in [1.29, 1.82) is 5.26 Å². The number of carbonyl (C=O) groups excluding carboxylic acids is 2. The highest BCUT2D eigenvalue weighted by atomic mass is 16.5. The highest BCUT2D eigenvalue weighted by Crippen LogP contribution is 2.30. The molecule has 0 saturated carbocycles. The van der Waals surface area contributed by atoms with Gasteiger partial charge in [-0.15, -0.1) is 0 Å². The van der Waals surface area contributed by atoms with Crippen LogP contribution in [0.1, 0.15) is 18.1 Å². The molecule has 2 rings (SSSR count). The summed E-state index contributed by atoms with van der Waals surface area (Å²) in [5.74, 6) is -1.01. The molecule has 0 unspecified atom stereocenters. The minimum Gasteiger partial charge on any atom is -0.465 e. The molecule has 0 aromatic heterocycles. The summed E-state index contributed by atoms with van der Waals surface area (Å²) in [6.45, 7) is 5.09. The molecule has 26 heavy (non-hydrogen) atoms. The van der Waals surface area contributed by atoms with Crippen molar-refractivity contribution in [3.63, 3.8) is 0 Å². The van der Waals surface area contributed by atoms with Crippen molar-refractivity contribution < 1.29 is 19.1 Å². The van der Waals surface area contributed by atoms with Gasteiger partial charge in [0.2, 0.25) is 0 Å². The number of nitrogens with zero attached hydrogens (tertiary/aromatic N) is 1. The second kappa shape index (κ2) is 8.45. The Bertz CT molecular complexity index is 921. The molecule has 0 spiro atoms. The van der Waals surface area contributed by atoms with Crippen LogP contribution in [0.15, 0.2) is 72.3 Å². The van der Waals surface area contributed by atoms with Gasteiger partial charge in [-0.2, -0.15) is 5.26 Å². The summed E-state index contributed by atoms with van der Waals surface area (Å²) in [5.41, 5.74) is 1.74. The second-order valence-corrected chi connectivity index (χ2v) is 5.42. The Morgan fingerprint density at radius 3 is 2.23 bits per heavy atom. The molecule has 5 nitrogen and oxygen atoms in total. The molecule has 0 atom stereocenters. The predicted octanol–water partition coefficient (Wildman–Crippen LogP) is 3.67. The van der Waals surface area contributed by atoms with E-state index in [4.69, 9.17) is 9.47 Å². The van der Waals surface area contributed by atoms with Gasteiger partial charge in [0.25, 0.3) is 0 Å². The van der Waals surface area contributed by atoms with Gasteiger partial charge in [0, 0.05) is 11.1 Å². The summed E-state index contributed by atoms with van der Waals surface area (Å²) in [6.07, 6.45) is 0. The van der Waals surface area contributed by atoms with Crippen molar-refractivity contribution in [3.8, 4) is 11.8 Å². The third-order valence-electron chi connectivity index (χ3n) is 3.50. The SMILES string of the molecule is C=C(C)C(=O)Oc1cccc(C(=C(C#N)C(=O)OC)c2ccccc2)c1. The Morgan fingerprint density at radius 1 is 1.00 bits per heavy atom. The maximum atomic E-state index is 12.1. The summed E-state index contributed by atoms with van der Waals surface area (Å²) in [6, 6.07) is 17.5. The molecule has 2 aromatic rings. The van der Waals surface area contributed by atoms with Crippen LogP contribution in [0.25, 0.3) is 5.57 Å². The number of carbonyl (C=O) groups is 2. The van der Waals surface area contributed by atoms with Crippen LogP contribution in [-0.2, 0) is 14.3 Å². The molecule has 0 heterocycles. The molecule has 0 fully saturated rings. The Labute approximate surface area is 151 Å². The van der Waals surface area contributed by atoms with Crippen molar-refractivity contribution in [2.45, 2.75) is 6.92 Å². The number of hydrogen-bond acceptors (Lipinski definition) is 5. The first-order valence-electron chi connectivity index (χ1n) is 7.74. The minimum atomic E-state index is -0.740. The first-order chi connectivity index (χ1) is 12.5. The van der Waals surface area contributed by atoms with Crippen LogP contribution in [-0.4, -0.2) is 19.0 Å². The molecule has 0 aliphatic rings. The fraction of sp³-hybridized carbons (Fsp3) is 0.0952. The number of ether oxygens (including phenoxy) is 2. The van der Waals surface area contributed by atoms with Gasteiger partial charge in [0.05, 0.1) is 7.11 Å². The van der Waals surface area contributed by atoms with Gasteiger partial charge in [-0.3, -0.25) is 0 Å². The molecule has 0 aliphatic carbocycles. The number of rotatable bonds is 5. The van der Waals surface area contributed by atoms with E-state index in [-0.39, 0.29) is 16.9 Å². The van der Waals surface area contributed by atoms with Gasteiger partial charge < -0.3 is 9.47 Å². The van der Waals surface area contributed by atoms with Gasteiger partial charge >= 0.3 is 11.9 Å². The van der Waals surface area contributed by atoms with E-state index in [9.17, 15) is 14.9 Å². The van der Waals surface area contributed by atoms with Crippen molar-refractivity contribution in [2.75, 3.05) is 7.11 Å². The van der Waals surface area contributed by atoms with E-state index in [0.717, 1.165) is 0 Å². The van der Waals surface area contributed by atoms with Crippen molar-refractivity contribution in [1.82, 2.24) is 0 Å². The van der Waals surface area contributed by atoms with Crippen LogP contribution in [0.5, 0.6) is 5.75 Å². The maximum absolute atomic E-state index is 12.1. The Balaban J connectivity index is 2.63. The summed E-state index contributed by atoms with van der Waals surface area (Å²) in [5, 5.41) is 9.50. The van der Waals surface area contributed by atoms with Crippen LogP contribution in [0.3, 0.4) is 0 Å². The monoisotopic (exact) mass is 347 g/mol. The van der Waals surface area contributed by atoms with E-state index in [0.29, 0.717) is 16.7 Å². The molecular weight excluding hydrogens is 330 g/mol. The molecule has 0 saturated heterocycles. The van der Waals surface area contributed by atoms with E-state index in [1.165, 1.54) is 7.11 Å². The van der Waals surface area contributed by atoms with Crippen molar-refractivity contribution in [3.05, 3.63) is 83.4 Å². The Hall–Kier alpha value is -3.65. The molecule has 0 N–H and O–H groups in total. The van der Waals surface area contributed by atoms with Crippen molar-refractivity contribution >= 4 is 17.5 Å².